The number of piperazine rings is 1. The lowest BCUT2D eigenvalue weighted by Gasteiger charge is -2.38. The third kappa shape index (κ3) is 15.9. The number of hydrogen-bond acceptors (Lipinski definition) is 11. The van der Waals surface area contributed by atoms with E-state index in [2.05, 4.69) is 39.9 Å². The van der Waals surface area contributed by atoms with Gasteiger partial charge in [-0.3, -0.25) is 24.1 Å². The van der Waals surface area contributed by atoms with Crippen molar-refractivity contribution in [3.63, 3.8) is 0 Å². The number of fused-ring (bicyclic) bond motifs is 2. The van der Waals surface area contributed by atoms with Crippen LogP contribution in [0.1, 0.15) is 129 Å². The van der Waals surface area contributed by atoms with Gasteiger partial charge in [0, 0.05) is 76.1 Å². The topological polar surface area (TPSA) is 212 Å². The van der Waals surface area contributed by atoms with E-state index in [9.17, 15) is 40.8 Å². The van der Waals surface area contributed by atoms with Gasteiger partial charge in [0.15, 0.2) is 0 Å². The van der Waals surface area contributed by atoms with Crippen molar-refractivity contribution in [2.75, 3.05) is 70.1 Å². The van der Waals surface area contributed by atoms with Crippen molar-refractivity contribution in [2.24, 2.45) is 0 Å². The zero-order chi connectivity index (χ0) is 63.0. The quantitative estimate of drug-likeness (QED) is 0.0513. The van der Waals surface area contributed by atoms with E-state index in [0.29, 0.717) is 80.2 Å². The van der Waals surface area contributed by atoms with Crippen LogP contribution in [0.4, 0.5) is 11.4 Å². The summed E-state index contributed by atoms with van der Waals surface area (Å²) in [5.74, 6) is -1.87. The summed E-state index contributed by atoms with van der Waals surface area (Å²) in [5, 5.41) is 12.1. The van der Waals surface area contributed by atoms with Crippen molar-refractivity contribution in [1.82, 2.24) is 23.7 Å². The van der Waals surface area contributed by atoms with Crippen molar-refractivity contribution in [2.45, 2.75) is 82.7 Å². The number of amides is 4. The number of nitrogens with one attached hydrogen (secondary N) is 3. The zero-order valence-electron chi connectivity index (χ0n) is 50.7. The molecule has 17 nitrogen and oxygen atoms in total. The van der Waals surface area contributed by atoms with E-state index in [0.717, 1.165) is 53.0 Å². The Balaban J connectivity index is 0.000000228. The third-order valence-corrected chi connectivity index (χ3v) is 19.2. The first-order chi connectivity index (χ1) is 42.4. The summed E-state index contributed by atoms with van der Waals surface area (Å²) in [4.78, 5) is 70.2. The molecule has 1 saturated heterocycles. The molecule has 460 valence electrons. The number of hydrogen-bond donors (Lipinski definition) is 3. The number of nitrogens with zero attached hydrogens (tertiary/aromatic N) is 4. The molecule has 1 heterocycles. The van der Waals surface area contributed by atoms with Crippen LogP contribution in [-0.2, 0) is 31.3 Å². The van der Waals surface area contributed by atoms with Crippen LogP contribution in [0.15, 0.2) is 186 Å². The molecule has 88 heavy (non-hydrogen) atoms. The molecule has 0 aliphatic carbocycles. The molecule has 3 N–H and O–H groups in total. The van der Waals surface area contributed by atoms with Crippen LogP contribution in [0.3, 0.4) is 0 Å². The molecule has 0 spiro atoms. The van der Waals surface area contributed by atoms with Gasteiger partial charge in [-0.25, -0.2) is 21.6 Å². The fourth-order valence-electron chi connectivity index (χ4n) is 10.6. The van der Waals surface area contributed by atoms with Gasteiger partial charge < -0.3 is 25.6 Å². The molecule has 19 heteroatoms. The first-order valence-electron chi connectivity index (χ1n) is 29.8. The first-order valence-corrected chi connectivity index (χ1v) is 32.7. The number of carbonyl (C=O) groups excluding carboxylic acids is 5. The van der Waals surface area contributed by atoms with Gasteiger partial charge in [0.25, 0.3) is 23.6 Å². The lowest BCUT2D eigenvalue weighted by Crippen LogP contribution is -2.49. The lowest BCUT2D eigenvalue weighted by molar-refractivity contribution is 0.0580. The molecule has 1 unspecified atom stereocenters. The number of ether oxygens (including phenoxy) is 1. The highest BCUT2D eigenvalue weighted by molar-refractivity contribution is 7.89. The van der Waals surface area contributed by atoms with Crippen LogP contribution in [-0.4, -0.2) is 124 Å². The number of methoxy groups -OCH3 is 1. The van der Waals surface area contributed by atoms with Crippen molar-refractivity contribution in [1.29, 1.82) is 0 Å². The number of benzene rings is 8. The van der Waals surface area contributed by atoms with E-state index in [1.54, 1.807) is 36.4 Å². The molecule has 1 aliphatic rings. The molecule has 0 saturated carbocycles. The van der Waals surface area contributed by atoms with Crippen molar-refractivity contribution < 1.29 is 45.5 Å². The molecule has 1 aliphatic heterocycles. The minimum atomic E-state index is -3.68. The summed E-state index contributed by atoms with van der Waals surface area (Å²) in [6, 6.07) is 51.5. The second-order valence-corrected chi connectivity index (χ2v) is 25.4. The Hall–Kier alpha value is -8.59. The van der Waals surface area contributed by atoms with Gasteiger partial charge in [0.1, 0.15) is 0 Å². The molecule has 0 radical (unpaired) electrons. The molecule has 0 aromatic heterocycles. The lowest BCUT2D eigenvalue weighted by atomic mass is 10.0. The van der Waals surface area contributed by atoms with Crippen LogP contribution >= 0.6 is 0 Å². The van der Waals surface area contributed by atoms with Gasteiger partial charge in [-0.15, -0.1) is 0 Å². The fraction of sp³-hybridized carbons (Fsp3) is 0.290. The molecular weight excluding hydrogens is 1150 g/mol. The van der Waals surface area contributed by atoms with Crippen molar-refractivity contribution >= 4 is 82.6 Å². The molecule has 0 bridgehead atoms. The molecule has 4 amide bonds. The maximum atomic E-state index is 13.9. The molecular formula is C69H77N7O10S2. The first kappa shape index (κ1) is 65.4. The van der Waals surface area contributed by atoms with E-state index in [4.69, 9.17) is 4.74 Å². The van der Waals surface area contributed by atoms with Crippen LogP contribution in [0.2, 0.25) is 0 Å². The highest BCUT2D eigenvalue weighted by Gasteiger charge is 2.29. The molecule has 9 rings (SSSR count). The standard InChI is InChI=1S/C36H42N4O4S.C33H35N3O6S/c1-4-19-40(20-5-2)45(43,44)32-17-15-29(16-18-32)35(41)37-34-26-31-14-10-9-13-30(31)25-33(34)36(42)39-23-21-38(22-24-39)27(3)28-11-7-6-8-12-28;1-4-18-36(19-5-2)43(40,41)28-16-14-24(15-17-28)31(37)35-30-21-27-9-7-6-8-26(27)20-29(30)32(38)34-22-23-10-12-25(13-11-23)33(39)42-3/h6-18,25-27H,4-5,19-24H2,1-3H3,(H,37,41);6-17,20-21H,4-5,18-19,22H2,1-3H3,(H,34,38)(H,35,37). The normalized spacial score (nSPS) is 13.2. The van der Waals surface area contributed by atoms with E-state index in [1.807, 2.05) is 111 Å². The van der Waals surface area contributed by atoms with E-state index in [-0.39, 0.29) is 39.4 Å². The van der Waals surface area contributed by atoms with Crippen molar-refractivity contribution in [3.8, 4) is 0 Å². The average molecular weight is 1230 g/mol. The van der Waals surface area contributed by atoms with Gasteiger partial charge in [0.2, 0.25) is 20.0 Å². The van der Waals surface area contributed by atoms with Gasteiger partial charge in [-0.1, -0.05) is 119 Å². The molecule has 8 aromatic carbocycles. The van der Waals surface area contributed by atoms with Gasteiger partial charge in [-0.2, -0.15) is 8.61 Å². The van der Waals surface area contributed by atoms with E-state index >= 15 is 0 Å². The SMILES string of the molecule is CCCN(CCC)S(=O)(=O)c1ccc(C(=O)Nc2cc3ccccc3cc2C(=O)N2CCN(C(C)c3ccccc3)CC2)cc1.CCCN(CCC)S(=O)(=O)c1ccc(C(=O)Nc2cc3ccccc3cc2C(=O)NCc2ccc(C(=O)OC)cc2)cc1. The Bertz CT molecular complexity index is 3960. The molecule has 8 aromatic rings. The number of esters is 1. The Labute approximate surface area is 516 Å². The van der Waals surface area contributed by atoms with Gasteiger partial charge in [-0.05, 0) is 150 Å². The average Bonchev–Trinajstić information content (AvgIpc) is 2.85. The van der Waals surface area contributed by atoms with Gasteiger partial charge >= 0.3 is 5.97 Å². The second kappa shape index (κ2) is 30.4. The minimum Gasteiger partial charge on any atom is -0.465 e. The predicted molar refractivity (Wildman–Crippen MR) is 347 cm³/mol. The maximum absolute atomic E-state index is 13.9. The molecule has 1 fully saturated rings. The highest BCUT2D eigenvalue weighted by atomic mass is 32.2. The zero-order valence-corrected chi connectivity index (χ0v) is 52.3. The maximum Gasteiger partial charge on any atom is 0.337 e. The Morgan fingerprint density at radius 1 is 0.489 bits per heavy atom. The summed E-state index contributed by atoms with van der Waals surface area (Å²) in [7, 11) is -6.03. The number of carbonyl (C=O) groups is 5. The van der Waals surface area contributed by atoms with Crippen molar-refractivity contribution in [3.05, 3.63) is 215 Å². The predicted octanol–water partition coefficient (Wildman–Crippen LogP) is 12.0. The Morgan fingerprint density at radius 3 is 1.32 bits per heavy atom. The third-order valence-electron chi connectivity index (χ3n) is 15.4. The van der Waals surface area contributed by atoms with E-state index < -0.39 is 43.7 Å². The van der Waals surface area contributed by atoms with E-state index in [1.165, 1.54) is 69.8 Å². The van der Waals surface area contributed by atoms with Crippen LogP contribution < -0.4 is 16.0 Å². The number of sulfonamides is 2. The second-order valence-electron chi connectivity index (χ2n) is 21.5. The molecule has 1 atom stereocenters. The van der Waals surface area contributed by atoms with Crippen LogP contribution in [0.5, 0.6) is 0 Å². The largest absolute Gasteiger partial charge is 0.465 e. The smallest absolute Gasteiger partial charge is 0.337 e. The minimum absolute atomic E-state index is 0.122. The van der Waals surface area contributed by atoms with Gasteiger partial charge in [0.05, 0.1) is 45.0 Å². The Morgan fingerprint density at radius 2 is 0.886 bits per heavy atom. The monoisotopic (exact) mass is 1230 g/mol. The Kier molecular flexibility index (Phi) is 22.6. The fourth-order valence-corrected chi connectivity index (χ4v) is 13.8. The van der Waals surface area contributed by atoms with Crippen LogP contribution in [0, 0.1) is 0 Å². The number of anilines is 2. The van der Waals surface area contributed by atoms with Crippen LogP contribution in [0.25, 0.3) is 21.5 Å². The summed E-state index contributed by atoms with van der Waals surface area (Å²) in [6.45, 7) is 14.5. The summed E-state index contributed by atoms with van der Waals surface area (Å²) >= 11 is 0. The summed E-state index contributed by atoms with van der Waals surface area (Å²) < 4.78 is 60.3. The summed E-state index contributed by atoms with van der Waals surface area (Å²) in [6.07, 6.45) is 2.83. The number of rotatable bonds is 23. The summed E-state index contributed by atoms with van der Waals surface area (Å²) in [5.41, 5.74) is 4.44. The highest BCUT2D eigenvalue weighted by Crippen LogP contribution is 2.30.